The average molecular weight is 280 g/mol. The zero-order valence-corrected chi connectivity index (χ0v) is 11.6. The normalized spacial score (nSPS) is 18.8. The van der Waals surface area contributed by atoms with E-state index < -0.39 is 5.97 Å². The monoisotopic (exact) mass is 280 g/mol. The first-order valence-electron chi connectivity index (χ1n) is 6.80. The van der Waals surface area contributed by atoms with E-state index in [-0.39, 0.29) is 11.7 Å². The van der Waals surface area contributed by atoms with Gasteiger partial charge in [-0.05, 0) is 37.0 Å². The van der Waals surface area contributed by atoms with Crippen molar-refractivity contribution in [3.05, 3.63) is 29.3 Å². The molecule has 0 amide bonds. The highest BCUT2D eigenvalue weighted by molar-refractivity contribution is 5.91. The van der Waals surface area contributed by atoms with Gasteiger partial charge >= 0.3 is 5.97 Å². The molecule has 0 spiro atoms. The van der Waals surface area contributed by atoms with E-state index in [4.69, 9.17) is 19.3 Å². The highest BCUT2D eigenvalue weighted by atomic mass is 16.5. The van der Waals surface area contributed by atoms with Gasteiger partial charge < -0.3 is 19.3 Å². The van der Waals surface area contributed by atoms with Crippen LogP contribution in [-0.2, 0) is 16.1 Å². The first-order chi connectivity index (χ1) is 9.70. The summed E-state index contributed by atoms with van der Waals surface area (Å²) >= 11 is 0. The van der Waals surface area contributed by atoms with Crippen molar-refractivity contribution in [2.45, 2.75) is 32.0 Å². The third kappa shape index (κ3) is 3.95. The molecule has 1 heterocycles. The summed E-state index contributed by atoms with van der Waals surface area (Å²) in [5.74, 6) is -0.642. The van der Waals surface area contributed by atoms with Gasteiger partial charge in [-0.25, -0.2) is 4.79 Å². The van der Waals surface area contributed by atoms with Crippen molar-refractivity contribution in [2.24, 2.45) is 0 Å². The predicted molar refractivity (Wildman–Crippen MR) is 73.2 cm³/mol. The van der Waals surface area contributed by atoms with Gasteiger partial charge in [0.05, 0.1) is 26.4 Å². The summed E-state index contributed by atoms with van der Waals surface area (Å²) in [5.41, 5.74) is 0.974. The zero-order valence-electron chi connectivity index (χ0n) is 11.6. The van der Waals surface area contributed by atoms with Gasteiger partial charge in [-0.15, -0.1) is 0 Å². The van der Waals surface area contributed by atoms with Crippen molar-refractivity contribution < 1.29 is 24.1 Å². The van der Waals surface area contributed by atoms with Crippen LogP contribution in [0.2, 0.25) is 0 Å². The second-order valence-corrected chi connectivity index (χ2v) is 4.84. The Balaban J connectivity index is 1.89. The van der Waals surface area contributed by atoms with Crippen LogP contribution in [0.15, 0.2) is 18.2 Å². The van der Waals surface area contributed by atoms with E-state index in [1.54, 1.807) is 12.1 Å². The lowest BCUT2D eigenvalue weighted by molar-refractivity contribution is -0.0447. The molecule has 0 radical (unpaired) electrons. The Morgan fingerprint density at radius 1 is 1.45 bits per heavy atom. The fourth-order valence-electron chi connectivity index (χ4n) is 2.26. The number of carboxylic acids is 1. The first kappa shape index (κ1) is 14.8. The minimum Gasteiger partial charge on any atom is -0.496 e. The molecule has 1 unspecified atom stereocenters. The summed E-state index contributed by atoms with van der Waals surface area (Å²) in [6, 6.07) is 5.05. The quantitative estimate of drug-likeness (QED) is 0.867. The van der Waals surface area contributed by atoms with Gasteiger partial charge in [0.25, 0.3) is 0 Å². The van der Waals surface area contributed by atoms with Gasteiger partial charge in [-0.1, -0.05) is 6.07 Å². The lowest BCUT2D eigenvalue weighted by atomic mass is 10.1. The minimum atomic E-state index is -1.00. The predicted octanol–water partition coefficient (Wildman–Crippen LogP) is 2.48. The molecular weight excluding hydrogens is 260 g/mol. The van der Waals surface area contributed by atoms with Gasteiger partial charge in [-0.2, -0.15) is 0 Å². The molecule has 1 fully saturated rings. The third-order valence-corrected chi connectivity index (χ3v) is 3.34. The summed E-state index contributed by atoms with van der Waals surface area (Å²) in [6.07, 6.45) is 3.50. The van der Waals surface area contributed by atoms with Gasteiger partial charge in [0.15, 0.2) is 0 Å². The number of benzene rings is 1. The number of rotatable bonds is 6. The molecule has 0 bridgehead atoms. The second-order valence-electron chi connectivity index (χ2n) is 4.84. The van der Waals surface area contributed by atoms with E-state index in [1.165, 1.54) is 13.5 Å². The van der Waals surface area contributed by atoms with Crippen LogP contribution in [0.3, 0.4) is 0 Å². The molecule has 2 rings (SSSR count). The third-order valence-electron chi connectivity index (χ3n) is 3.34. The van der Waals surface area contributed by atoms with Gasteiger partial charge in [-0.3, -0.25) is 0 Å². The highest BCUT2D eigenvalue weighted by Gasteiger charge is 2.15. The number of carbonyl (C=O) groups is 1. The second kappa shape index (κ2) is 7.26. The molecule has 20 heavy (non-hydrogen) atoms. The van der Waals surface area contributed by atoms with Crippen LogP contribution in [0.5, 0.6) is 5.75 Å². The molecule has 1 atom stereocenters. The molecule has 1 aromatic carbocycles. The molecule has 1 N–H and O–H groups in total. The fraction of sp³-hybridized carbons (Fsp3) is 0.533. The molecule has 1 aliphatic rings. The molecule has 5 nitrogen and oxygen atoms in total. The molecule has 1 saturated heterocycles. The van der Waals surface area contributed by atoms with Crippen LogP contribution in [0.1, 0.15) is 35.2 Å². The Morgan fingerprint density at radius 2 is 2.30 bits per heavy atom. The van der Waals surface area contributed by atoms with Gasteiger partial charge in [0, 0.05) is 6.61 Å². The molecule has 5 heteroatoms. The molecule has 0 saturated carbocycles. The van der Waals surface area contributed by atoms with Crippen molar-refractivity contribution in [3.8, 4) is 5.75 Å². The zero-order chi connectivity index (χ0) is 14.4. The van der Waals surface area contributed by atoms with Crippen molar-refractivity contribution in [3.63, 3.8) is 0 Å². The number of methoxy groups -OCH3 is 1. The first-order valence-corrected chi connectivity index (χ1v) is 6.80. The Hall–Kier alpha value is -1.59. The van der Waals surface area contributed by atoms with Crippen LogP contribution in [0.25, 0.3) is 0 Å². The number of hydrogen-bond acceptors (Lipinski definition) is 4. The Labute approximate surface area is 118 Å². The van der Waals surface area contributed by atoms with Crippen LogP contribution < -0.4 is 4.74 Å². The van der Waals surface area contributed by atoms with Crippen molar-refractivity contribution in [2.75, 3.05) is 20.3 Å². The molecule has 0 aliphatic carbocycles. The molecule has 0 aromatic heterocycles. The van der Waals surface area contributed by atoms with Gasteiger partial charge in [0.2, 0.25) is 0 Å². The molecule has 110 valence electrons. The maximum Gasteiger partial charge on any atom is 0.339 e. The smallest absolute Gasteiger partial charge is 0.339 e. The van der Waals surface area contributed by atoms with Crippen molar-refractivity contribution >= 4 is 5.97 Å². The lowest BCUT2D eigenvalue weighted by Gasteiger charge is -2.22. The maximum atomic E-state index is 11.1. The van der Waals surface area contributed by atoms with E-state index in [0.717, 1.165) is 25.0 Å². The summed E-state index contributed by atoms with van der Waals surface area (Å²) < 4.78 is 16.2. The van der Waals surface area contributed by atoms with E-state index >= 15 is 0 Å². The van der Waals surface area contributed by atoms with E-state index in [1.807, 2.05) is 6.07 Å². The van der Waals surface area contributed by atoms with E-state index in [9.17, 15) is 4.79 Å². The summed E-state index contributed by atoms with van der Waals surface area (Å²) in [4.78, 5) is 11.1. The Bertz CT molecular complexity index is 452. The molecular formula is C15H20O5. The minimum absolute atomic E-state index is 0.155. The molecule has 1 aromatic rings. The number of ether oxygens (including phenoxy) is 3. The number of aromatic carboxylic acids is 1. The number of hydrogen-bond donors (Lipinski definition) is 1. The van der Waals surface area contributed by atoms with Crippen LogP contribution in [-0.4, -0.2) is 37.5 Å². The van der Waals surface area contributed by atoms with E-state index in [0.29, 0.717) is 19.0 Å². The van der Waals surface area contributed by atoms with Crippen LogP contribution in [0, 0.1) is 0 Å². The van der Waals surface area contributed by atoms with Gasteiger partial charge in [0.1, 0.15) is 11.3 Å². The Kier molecular flexibility index (Phi) is 5.38. The topological polar surface area (TPSA) is 65.0 Å². The van der Waals surface area contributed by atoms with Crippen molar-refractivity contribution in [1.82, 2.24) is 0 Å². The summed E-state index contributed by atoms with van der Waals surface area (Å²) in [6.45, 7) is 1.73. The van der Waals surface area contributed by atoms with Crippen LogP contribution >= 0.6 is 0 Å². The largest absolute Gasteiger partial charge is 0.496 e. The fourth-order valence-corrected chi connectivity index (χ4v) is 2.26. The molecule has 1 aliphatic heterocycles. The van der Waals surface area contributed by atoms with Crippen molar-refractivity contribution in [1.29, 1.82) is 0 Å². The Morgan fingerprint density at radius 3 is 2.95 bits per heavy atom. The average Bonchev–Trinajstić information content (AvgIpc) is 2.48. The summed E-state index contributed by atoms with van der Waals surface area (Å²) in [5, 5.41) is 9.11. The summed E-state index contributed by atoms with van der Waals surface area (Å²) in [7, 11) is 1.46. The number of carboxylic acid groups (broad SMARTS) is 1. The highest BCUT2D eigenvalue weighted by Crippen LogP contribution is 2.20. The van der Waals surface area contributed by atoms with E-state index in [2.05, 4.69) is 0 Å². The maximum absolute atomic E-state index is 11.1. The lowest BCUT2D eigenvalue weighted by Crippen LogP contribution is -2.24. The SMILES string of the molecule is COc1ccc(COCC2CCCCO2)cc1C(=O)O. The van der Waals surface area contributed by atoms with Crippen LogP contribution in [0.4, 0.5) is 0 Å². The standard InChI is InChI=1S/C15H20O5/c1-18-14-6-5-11(8-13(14)15(16)17)9-19-10-12-4-2-3-7-20-12/h5-6,8,12H,2-4,7,9-10H2,1H3,(H,16,17).